The number of hydrogen-bond donors (Lipinski definition) is 0. The molecule has 0 saturated carbocycles. The summed E-state index contributed by atoms with van der Waals surface area (Å²) in [6.07, 6.45) is 3.89. The summed E-state index contributed by atoms with van der Waals surface area (Å²) in [7, 11) is 0. The van der Waals surface area contributed by atoms with Crippen molar-refractivity contribution in [2.75, 3.05) is 19.6 Å². The van der Waals surface area contributed by atoms with Crippen molar-refractivity contribution in [3.8, 4) is 0 Å². The first-order valence-electron chi connectivity index (χ1n) is 7.55. The maximum atomic E-state index is 12.6. The molecule has 2 heterocycles. The Morgan fingerprint density at radius 1 is 1.25 bits per heavy atom. The highest BCUT2D eigenvalue weighted by atomic mass is 16.3. The molecule has 3 rings (SSSR count). The Labute approximate surface area is 119 Å². The summed E-state index contributed by atoms with van der Waals surface area (Å²) in [4.78, 5) is 15.0. The largest absolute Gasteiger partial charge is 0.460 e. The molecule has 0 N–H and O–H groups in total. The van der Waals surface area contributed by atoms with Gasteiger partial charge in [0.05, 0.1) is 5.56 Å². The molecule has 1 aromatic carbocycles. The number of rotatable bonds is 5. The highest BCUT2D eigenvalue weighted by Gasteiger charge is 2.20. The van der Waals surface area contributed by atoms with Crippen molar-refractivity contribution in [3.63, 3.8) is 0 Å². The molecule has 20 heavy (non-hydrogen) atoms. The summed E-state index contributed by atoms with van der Waals surface area (Å²) < 4.78 is 5.81. The maximum Gasteiger partial charge on any atom is 0.168 e. The topological polar surface area (TPSA) is 33.5 Å². The Morgan fingerprint density at radius 3 is 2.75 bits per heavy atom. The van der Waals surface area contributed by atoms with Gasteiger partial charge in [-0.25, -0.2) is 0 Å². The highest BCUT2D eigenvalue weighted by Crippen LogP contribution is 2.27. The van der Waals surface area contributed by atoms with Gasteiger partial charge in [-0.1, -0.05) is 25.1 Å². The Bertz CT molecular complexity index is 608. The van der Waals surface area contributed by atoms with Crippen LogP contribution in [0.15, 0.2) is 28.7 Å². The molecule has 1 aliphatic rings. The van der Waals surface area contributed by atoms with Crippen molar-refractivity contribution in [2.45, 2.75) is 32.6 Å². The van der Waals surface area contributed by atoms with Crippen molar-refractivity contribution < 1.29 is 9.21 Å². The molecular weight excluding hydrogens is 250 g/mol. The van der Waals surface area contributed by atoms with Crippen LogP contribution in [0.3, 0.4) is 0 Å². The van der Waals surface area contributed by atoms with Gasteiger partial charge in [0.2, 0.25) is 0 Å². The van der Waals surface area contributed by atoms with E-state index >= 15 is 0 Å². The predicted molar refractivity (Wildman–Crippen MR) is 80.2 cm³/mol. The molecule has 1 aliphatic heterocycles. The number of hydrogen-bond acceptors (Lipinski definition) is 3. The molecule has 1 aromatic heterocycles. The molecule has 1 saturated heterocycles. The molecule has 106 valence electrons. The number of furan rings is 1. The third-order valence-electron chi connectivity index (χ3n) is 4.12. The average molecular weight is 271 g/mol. The van der Waals surface area contributed by atoms with Gasteiger partial charge in [0.25, 0.3) is 0 Å². The zero-order valence-electron chi connectivity index (χ0n) is 12.0. The van der Waals surface area contributed by atoms with Crippen molar-refractivity contribution in [3.05, 3.63) is 35.6 Å². The normalized spacial score (nSPS) is 16.1. The number of carbonyl (C=O) groups excluding carboxylic acids is 1. The van der Waals surface area contributed by atoms with E-state index in [2.05, 4.69) is 4.90 Å². The quantitative estimate of drug-likeness (QED) is 0.778. The monoisotopic (exact) mass is 271 g/mol. The van der Waals surface area contributed by atoms with Crippen LogP contribution < -0.4 is 0 Å². The minimum absolute atomic E-state index is 0.221. The Morgan fingerprint density at radius 2 is 2.00 bits per heavy atom. The van der Waals surface area contributed by atoms with E-state index in [0.29, 0.717) is 6.42 Å². The first kappa shape index (κ1) is 13.4. The standard InChI is InChI=1S/C17H21NO2/c1-2-15-17(13-7-3-4-8-16(13)20-15)14(19)9-12-18-10-5-6-11-18/h3-4,7-8H,2,5-6,9-12H2,1H3. The van der Waals surface area contributed by atoms with Crippen LogP contribution >= 0.6 is 0 Å². The Kier molecular flexibility index (Phi) is 3.88. The van der Waals surface area contributed by atoms with E-state index in [9.17, 15) is 4.79 Å². The van der Waals surface area contributed by atoms with Crippen LogP contribution in [-0.2, 0) is 6.42 Å². The van der Waals surface area contributed by atoms with Gasteiger partial charge in [-0.15, -0.1) is 0 Å². The summed E-state index contributed by atoms with van der Waals surface area (Å²) >= 11 is 0. The van der Waals surface area contributed by atoms with Crippen LogP contribution in [0.2, 0.25) is 0 Å². The fraction of sp³-hybridized carbons (Fsp3) is 0.471. The minimum atomic E-state index is 0.221. The number of benzene rings is 1. The van der Waals surface area contributed by atoms with Crippen molar-refractivity contribution in [1.82, 2.24) is 4.90 Å². The molecule has 0 atom stereocenters. The van der Waals surface area contributed by atoms with Gasteiger partial charge in [-0.3, -0.25) is 4.79 Å². The summed E-state index contributed by atoms with van der Waals surface area (Å²) in [6.45, 7) is 5.19. The van der Waals surface area contributed by atoms with Crippen molar-refractivity contribution in [2.24, 2.45) is 0 Å². The molecule has 3 nitrogen and oxygen atoms in total. The lowest BCUT2D eigenvalue weighted by Crippen LogP contribution is -2.22. The second kappa shape index (κ2) is 5.80. The lowest BCUT2D eigenvalue weighted by Gasteiger charge is -2.13. The van der Waals surface area contributed by atoms with Gasteiger partial charge in [0, 0.05) is 24.8 Å². The molecule has 0 unspecified atom stereocenters. The number of para-hydroxylation sites is 1. The van der Waals surface area contributed by atoms with Gasteiger partial charge in [-0.05, 0) is 32.0 Å². The van der Waals surface area contributed by atoms with Crippen LogP contribution in [-0.4, -0.2) is 30.3 Å². The van der Waals surface area contributed by atoms with Gasteiger partial charge in [0.15, 0.2) is 5.78 Å². The van der Waals surface area contributed by atoms with E-state index < -0.39 is 0 Å². The lowest BCUT2D eigenvalue weighted by molar-refractivity contribution is 0.0968. The fourth-order valence-electron chi connectivity index (χ4n) is 3.04. The van der Waals surface area contributed by atoms with E-state index in [1.807, 2.05) is 31.2 Å². The van der Waals surface area contributed by atoms with Crippen LogP contribution in [0, 0.1) is 0 Å². The second-order valence-electron chi connectivity index (χ2n) is 5.47. The van der Waals surface area contributed by atoms with Crippen LogP contribution in [0.4, 0.5) is 0 Å². The molecule has 1 fully saturated rings. The average Bonchev–Trinajstić information content (AvgIpc) is 3.11. The molecule has 0 spiro atoms. The van der Waals surface area contributed by atoms with E-state index in [4.69, 9.17) is 4.42 Å². The molecule has 0 radical (unpaired) electrons. The number of fused-ring (bicyclic) bond motifs is 1. The van der Waals surface area contributed by atoms with E-state index in [-0.39, 0.29) is 5.78 Å². The number of aryl methyl sites for hydroxylation is 1. The number of ketones is 1. The van der Waals surface area contributed by atoms with Gasteiger partial charge >= 0.3 is 0 Å². The zero-order chi connectivity index (χ0) is 13.9. The number of Topliss-reactive ketones (excluding diaryl/α,β-unsaturated/α-hetero) is 1. The summed E-state index contributed by atoms with van der Waals surface area (Å²) in [6, 6.07) is 7.84. The highest BCUT2D eigenvalue weighted by molar-refractivity contribution is 6.08. The molecular formula is C17H21NO2. The predicted octanol–water partition coefficient (Wildman–Crippen LogP) is 3.66. The van der Waals surface area contributed by atoms with E-state index in [1.165, 1.54) is 12.8 Å². The smallest absolute Gasteiger partial charge is 0.168 e. The molecule has 2 aromatic rings. The fourth-order valence-corrected chi connectivity index (χ4v) is 3.04. The number of carbonyl (C=O) groups is 1. The molecule has 0 amide bonds. The SMILES string of the molecule is CCc1oc2ccccc2c1C(=O)CCN1CCCC1. The van der Waals surface area contributed by atoms with E-state index in [0.717, 1.165) is 48.3 Å². The number of likely N-dealkylation sites (tertiary alicyclic amines) is 1. The van der Waals surface area contributed by atoms with Gasteiger partial charge in [-0.2, -0.15) is 0 Å². The Balaban J connectivity index is 1.82. The van der Waals surface area contributed by atoms with E-state index in [1.54, 1.807) is 0 Å². The summed E-state index contributed by atoms with van der Waals surface area (Å²) in [5.41, 5.74) is 1.64. The third-order valence-corrected chi connectivity index (χ3v) is 4.12. The van der Waals surface area contributed by atoms with Crippen LogP contribution in [0.25, 0.3) is 11.0 Å². The van der Waals surface area contributed by atoms with Crippen LogP contribution in [0.1, 0.15) is 42.3 Å². The zero-order valence-corrected chi connectivity index (χ0v) is 12.0. The van der Waals surface area contributed by atoms with Crippen molar-refractivity contribution >= 4 is 16.8 Å². The van der Waals surface area contributed by atoms with Crippen LogP contribution in [0.5, 0.6) is 0 Å². The minimum Gasteiger partial charge on any atom is -0.460 e. The first-order valence-corrected chi connectivity index (χ1v) is 7.55. The van der Waals surface area contributed by atoms with Crippen molar-refractivity contribution in [1.29, 1.82) is 0 Å². The molecule has 3 heteroatoms. The van der Waals surface area contributed by atoms with Gasteiger partial charge < -0.3 is 9.32 Å². The maximum absolute atomic E-state index is 12.6. The summed E-state index contributed by atoms with van der Waals surface area (Å²) in [5.74, 6) is 1.05. The Hall–Kier alpha value is -1.61. The third kappa shape index (κ3) is 2.50. The first-order chi connectivity index (χ1) is 9.79. The lowest BCUT2D eigenvalue weighted by atomic mass is 10.0. The summed E-state index contributed by atoms with van der Waals surface area (Å²) in [5, 5.41) is 0.968. The molecule has 0 bridgehead atoms. The van der Waals surface area contributed by atoms with Gasteiger partial charge in [0.1, 0.15) is 11.3 Å². The second-order valence-corrected chi connectivity index (χ2v) is 5.47. The molecule has 0 aliphatic carbocycles. The number of nitrogens with zero attached hydrogens (tertiary/aromatic N) is 1.